The first-order valence-corrected chi connectivity index (χ1v) is 9.87. The van der Waals surface area contributed by atoms with Crippen LogP contribution in [0.15, 0.2) is 35.6 Å². The fourth-order valence-electron chi connectivity index (χ4n) is 3.26. The highest BCUT2D eigenvalue weighted by molar-refractivity contribution is 7.98. The van der Waals surface area contributed by atoms with E-state index < -0.39 is 36.1 Å². The van der Waals surface area contributed by atoms with Crippen LogP contribution in [0, 0.1) is 10.1 Å². The minimum absolute atomic E-state index is 0.000289. The van der Waals surface area contributed by atoms with Crippen molar-refractivity contribution in [3.63, 3.8) is 0 Å². The fourth-order valence-corrected chi connectivity index (χ4v) is 4.24. The van der Waals surface area contributed by atoms with Crippen LogP contribution in [0.2, 0.25) is 0 Å². The van der Waals surface area contributed by atoms with Crippen molar-refractivity contribution in [2.24, 2.45) is 0 Å². The van der Waals surface area contributed by atoms with Gasteiger partial charge in [-0.2, -0.15) is 4.98 Å². The molecular weight excluding hydrogens is 416 g/mol. The van der Waals surface area contributed by atoms with E-state index in [1.54, 1.807) is 18.2 Å². The molecule has 2 aromatic heterocycles. The van der Waals surface area contributed by atoms with Crippen LogP contribution >= 0.6 is 11.8 Å². The molecule has 0 amide bonds. The average Bonchev–Trinajstić information content (AvgIpc) is 3.27. The van der Waals surface area contributed by atoms with Crippen LogP contribution in [0.3, 0.4) is 0 Å². The van der Waals surface area contributed by atoms with Gasteiger partial charge in [-0.25, -0.2) is 9.97 Å². The van der Waals surface area contributed by atoms with Gasteiger partial charge in [0, 0.05) is 17.4 Å². The van der Waals surface area contributed by atoms with E-state index in [1.165, 1.54) is 28.7 Å². The Hall–Kier alpha value is -2.84. The number of aromatic nitrogens is 4. The molecule has 3 heterocycles. The molecule has 0 bridgehead atoms. The predicted molar refractivity (Wildman–Crippen MR) is 105 cm³/mol. The van der Waals surface area contributed by atoms with Gasteiger partial charge < -0.3 is 25.8 Å². The third-order valence-corrected chi connectivity index (χ3v) is 5.76. The molecule has 1 saturated heterocycles. The molecule has 0 spiro atoms. The van der Waals surface area contributed by atoms with E-state index in [1.807, 2.05) is 0 Å². The molecule has 1 aliphatic rings. The number of rotatable bonds is 6. The normalized spacial score (nSPS) is 23.8. The monoisotopic (exact) mass is 434 g/mol. The lowest BCUT2D eigenvalue weighted by molar-refractivity contribution is -0.385. The topological polar surface area (TPSA) is 183 Å². The third kappa shape index (κ3) is 3.57. The molecule has 158 valence electrons. The van der Waals surface area contributed by atoms with Gasteiger partial charge in [0.1, 0.15) is 28.9 Å². The van der Waals surface area contributed by atoms with Gasteiger partial charge in [0.15, 0.2) is 11.9 Å². The second kappa shape index (κ2) is 8.12. The minimum atomic E-state index is -1.31. The van der Waals surface area contributed by atoms with Gasteiger partial charge in [-0.3, -0.25) is 14.7 Å². The average molecular weight is 434 g/mol. The maximum absolute atomic E-state index is 11.2. The smallest absolute Gasteiger partial charge is 0.273 e. The maximum atomic E-state index is 11.2. The number of thioether (sulfide) groups is 1. The van der Waals surface area contributed by atoms with Crippen molar-refractivity contribution in [2.45, 2.75) is 35.3 Å². The lowest BCUT2D eigenvalue weighted by atomic mass is 10.1. The highest BCUT2D eigenvalue weighted by Gasteiger charge is 2.44. The van der Waals surface area contributed by atoms with Gasteiger partial charge in [0.05, 0.1) is 17.9 Å². The summed E-state index contributed by atoms with van der Waals surface area (Å²) in [6.07, 6.45) is -3.18. The van der Waals surface area contributed by atoms with E-state index in [4.69, 9.17) is 10.5 Å². The summed E-state index contributed by atoms with van der Waals surface area (Å²) < 4.78 is 6.94. The number of imidazole rings is 1. The summed E-state index contributed by atoms with van der Waals surface area (Å²) in [6, 6.07) is 6.39. The van der Waals surface area contributed by atoms with E-state index in [0.717, 1.165) is 0 Å². The standard InChI is InChI=1S/C17H18N6O6S/c18-17-20-14-11(19-7-22(14)16-13(26)12(25)10(5-24)29-16)15(21-17)30-6-8-3-1-2-4-9(8)23(27)28/h1-4,7,10,12-13,16,24-26H,5-6H2,(H2,18,20,21)/t10-,12+,13-,16+/m0/s1. The van der Waals surface area contributed by atoms with Crippen LogP contribution < -0.4 is 5.73 Å². The van der Waals surface area contributed by atoms with Gasteiger partial charge in [-0.15, -0.1) is 0 Å². The van der Waals surface area contributed by atoms with Gasteiger partial charge >= 0.3 is 0 Å². The number of hydrogen-bond donors (Lipinski definition) is 4. The molecule has 1 aromatic carbocycles. The number of nitro groups is 1. The molecule has 4 atom stereocenters. The maximum Gasteiger partial charge on any atom is 0.273 e. The highest BCUT2D eigenvalue weighted by Crippen LogP contribution is 2.35. The lowest BCUT2D eigenvalue weighted by Crippen LogP contribution is -2.33. The Balaban J connectivity index is 1.66. The molecule has 3 aromatic rings. The van der Waals surface area contributed by atoms with E-state index >= 15 is 0 Å². The molecule has 1 fully saturated rings. The molecule has 0 aliphatic carbocycles. The predicted octanol–water partition coefficient (Wildman–Crippen LogP) is 0.220. The van der Waals surface area contributed by atoms with E-state index in [9.17, 15) is 25.4 Å². The Kier molecular flexibility index (Phi) is 5.53. The number of nitrogens with zero attached hydrogens (tertiary/aromatic N) is 5. The first-order chi connectivity index (χ1) is 14.4. The number of ether oxygens (including phenoxy) is 1. The largest absolute Gasteiger partial charge is 0.394 e. The van der Waals surface area contributed by atoms with Crippen molar-refractivity contribution in [1.29, 1.82) is 0 Å². The van der Waals surface area contributed by atoms with Crippen LogP contribution in [0.1, 0.15) is 11.8 Å². The van der Waals surface area contributed by atoms with Crippen LogP contribution in [-0.4, -0.2) is 64.7 Å². The Morgan fingerprint density at radius 3 is 2.73 bits per heavy atom. The molecule has 5 N–H and O–H groups in total. The summed E-state index contributed by atoms with van der Waals surface area (Å²) >= 11 is 1.21. The summed E-state index contributed by atoms with van der Waals surface area (Å²) in [5, 5.41) is 41.2. The number of para-hydroxylation sites is 1. The number of aliphatic hydroxyl groups excluding tert-OH is 3. The van der Waals surface area contributed by atoms with E-state index in [0.29, 0.717) is 16.1 Å². The zero-order chi connectivity index (χ0) is 21.4. The summed E-state index contributed by atoms with van der Waals surface area (Å²) in [5.74, 6) is 0.199. The molecule has 12 nitrogen and oxygen atoms in total. The molecule has 30 heavy (non-hydrogen) atoms. The Morgan fingerprint density at radius 2 is 2.03 bits per heavy atom. The van der Waals surface area contributed by atoms with Crippen molar-refractivity contribution in [1.82, 2.24) is 19.5 Å². The van der Waals surface area contributed by atoms with Crippen LogP contribution in [-0.2, 0) is 10.5 Å². The Bertz CT molecular complexity index is 1090. The number of benzene rings is 1. The summed E-state index contributed by atoms with van der Waals surface area (Å²) in [5.41, 5.74) is 6.98. The quantitative estimate of drug-likeness (QED) is 0.180. The van der Waals surface area contributed by atoms with Crippen molar-refractivity contribution < 1.29 is 25.0 Å². The van der Waals surface area contributed by atoms with E-state index in [-0.39, 0.29) is 23.0 Å². The zero-order valence-corrected chi connectivity index (χ0v) is 16.2. The number of nitrogen functional groups attached to an aromatic ring is 1. The van der Waals surface area contributed by atoms with Gasteiger partial charge in [0.2, 0.25) is 5.95 Å². The number of anilines is 1. The summed E-state index contributed by atoms with van der Waals surface area (Å²) in [4.78, 5) is 23.4. The van der Waals surface area contributed by atoms with Gasteiger partial charge in [-0.1, -0.05) is 30.0 Å². The van der Waals surface area contributed by atoms with Crippen molar-refractivity contribution >= 4 is 34.6 Å². The van der Waals surface area contributed by atoms with Crippen molar-refractivity contribution in [3.05, 3.63) is 46.3 Å². The SMILES string of the molecule is Nc1nc(SCc2ccccc2[N+](=O)[O-])c2ncn([C@@H]3O[C@@H](CO)[C@@H](O)[C@@H]3O)c2n1. The number of nitrogens with two attached hydrogens (primary N) is 1. The van der Waals surface area contributed by atoms with Gasteiger partial charge in [-0.05, 0) is 0 Å². The third-order valence-electron chi connectivity index (χ3n) is 4.75. The fraction of sp³-hybridized carbons (Fsp3) is 0.353. The molecule has 0 saturated carbocycles. The second-order valence-electron chi connectivity index (χ2n) is 6.61. The molecule has 0 radical (unpaired) electrons. The molecule has 13 heteroatoms. The van der Waals surface area contributed by atoms with Gasteiger partial charge in [0.25, 0.3) is 5.69 Å². The van der Waals surface area contributed by atoms with Crippen LogP contribution in [0.25, 0.3) is 11.2 Å². The number of nitro benzene ring substituents is 1. The van der Waals surface area contributed by atoms with Crippen LogP contribution in [0.5, 0.6) is 0 Å². The first-order valence-electron chi connectivity index (χ1n) is 8.88. The number of aliphatic hydroxyl groups is 3. The van der Waals surface area contributed by atoms with Crippen molar-refractivity contribution in [2.75, 3.05) is 12.3 Å². The molecule has 1 aliphatic heterocycles. The number of hydrogen-bond acceptors (Lipinski definition) is 11. The first kappa shape index (κ1) is 20.4. The number of fused-ring (bicyclic) bond motifs is 1. The molecular formula is C17H18N6O6S. The minimum Gasteiger partial charge on any atom is -0.394 e. The Morgan fingerprint density at radius 1 is 1.27 bits per heavy atom. The summed E-state index contributed by atoms with van der Waals surface area (Å²) in [7, 11) is 0. The molecule has 4 rings (SSSR count). The summed E-state index contributed by atoms with van der Waals surface area (Å²) in [6.45, 7) is -0.463. The van der Waals surface area contributed by atoms with Crippen LogP contribution in [0.4, 0.5) is 11.6 Å². The Labute approximate surface area is 173 Å². The zero-order valence-electron chi connectivity index (χ0n) is 15.4. The van der Waals surface area contributed by atoms with Crippen molar-refractivity contribution in [3.8, 4) is 0 Å². The molecule has 0 unspecified atom stereocenters. The highest BCUT2D eigenvalue weighted by atomic mass is 32.2. The van der Waals surface area contributed by atoms with E-state index in [2.05, 4.69) is 15.0 Å². The lowest BCUT2D eigenvalue weighted by Gasteiger charge is -2.16. The second-order valence-corrected chi connectivity index (χ2v) is 7.58.